The largest absolute Gasteiger partial charge is 0.376 e. The monoisotopic (exact) mass is 412 g/mol. The molecule has 0 bridgehead atoms. The van der Waals surface area contributed by atoms with Gasteiger partial charge in [0.15, 0.2) is 5.69 Å². The van der Waals surface area contributed by atoms with E-state index in [0.717, 1.165) is 24.9 Å². The maximum Gasteiger partial charge on any atom is 0.276 e. The maximum absolute atomic E-state index is 13.2. The molecule has 3 rings (SSSR count). The zero-order valence-corrected chi connectivity index (χ0v) is 17.7. The van der Waals surface area contributed by atoms with E-state index >= 15 is 0 Å². The Bertz CT molecular complexity index is 1090. The van der Waals surface area contributed by atoms with Gasteiger partial charge in [-0.05, 0) is 30.7 Å². The Morgan fingerprint density at radius 3 is 2.55 bits per heavy atom. The number of hydrogen-bond acceptors (Lipinski definition) is 4. The van der Waals surface area contributed by atoms with E-state index in [1.165, 1.54) is 4.68 Å². The van der Waals surface area contributed by atoms with Gasteiger partial charge in [0.2, 0.25) is 0 Å². The predicted octanol–water partition coefficient (Wildman–Crippen LogP) is 4.56. The van der Waals surface area contributed by atoms with Crippen LogP contribution in [0.3, 0.4) is 0 Å². The maximum atomic E-state index is 13.2. The van der Waals surface area contributed by atoms with Gasteiger partial charge in [-0.2, -0.15) is 5.10 Å². The summed E-state index contributed by atoms with van der Waals surface area (Å²) in [4.78, 5) is 27.8. The van der Waals surface area contributed by atoms with Crippen molar-refractivity contribution in [2.24, 2.45) is 0 Å². The number of aromatic nitrogens is 2. The predicted molar refractivity (Wildman–Crippen MR) is 119 cm³/mol. The molecule has 2 aromatic carbocycles. The van der Waals surface area contributed by atoms with E-state index < -0.39 is 0 Å². The van der Waals surface area contributed by atoms with E-state index in [0.29, 0.717) is 28.0 Å². The molecule has 0 aliphatic rings. The number of nitrogens with zero attached hydrogens (tertiary/aromatic N) is 3. The van der Waals surface area contributed by atoms with Crippen molar-refractivity contribution in [1.82, 2.24) is 9.78 Å². The number of carbonyl (C=O) groups excluding carboxylic acids is 1. The third-order valence-corrected chi connectivity index (χ3v) is 4.98. The number of fused-ring (bicyclic) bond motifs is 1. The van der Waals surface area contributed by atoms with Gasteiger partial charge in [0.05, 0.1) is 16.8 Å². The van der Waals surface area contributed by atoms with Crippen molar-refractivity contribution in [1.29, 1.82) is 0 Å². The molecule has 1 heterocycles. The summed E-state index contributed by atoms with van der Waals surface area (Å²) in [5.74, 6) is -0.379. The fourth-order valence-corrected chi connectivity index (χ4v) is 3.42. The number of hydrogen-bond donors (Lipinski definition) is 1. The Balaban J connectivity index is 2.05. The van der Waals surface area contributed by atoms with Crippen LogP contribution in [0, 0.1) is 0 Å². The highest BCUT2D eigenvalue weighted by molar-refractivity contribution is 6.31. The van der Waals surface area contributed by atoms with Gasteiger partial charge < -0.3 is 10.2 Å². The lowest BCUT2D eigenvalue weighted by Crippen LogP contribution is -2.28. The molecule has 6 nitrogen and oxygen atoms in total. The average Bonchev–Trinajstić information content (AvgIpc) is 2.69. The molecule has 1 N–H and O–H groups in total. The molecule has 0 saturated carbocycles. The minimum Gasteiger partial charge on any atom is -0.376 e. The Morgan fingerprint density at radius 2 is 1.86 bits per heavy atom. The van der Waals surface area contributed by atoms with Crippen molar-refractivity contribution in [3.63, 3.8) is 0 Å². The fraction of sp³-hybridized carbons (Fsp3) is 0.318. The van der Waals surface area contributed by atoms with Gasteiger partial charge in [-0.25, -0.2) is 4.68 Å². The number of halogens is 1. The zero-order chi connectivity index (χ0) is 21.0. The highest BCUT2D eigenvalue weighted by Crippen LogP contribution is 2.28. The highest BCUT2D eigenvalue weighted by atomic mass is 35.5. The third-order valence-electron chi connectivity index (χ3n) is 4.74. The van der Waals surface area contributed by atoms with Crippen LogP contribution in [-0.4, -0.2) is 29.8 Å². The summed E-state index contributed by atoms with van der Waals surface area (Å²) in [6.07, 6.45) is 2.87. The number of amides is 1. The first-order chi connectivity index (χ1) is 13.9. The van der Waals surface area contributed by atoms with E-state index in [2.05, 4.69) is 17.3 Å². The average molecular weight is 413 g/mol. The molecule has 0 aliphatic heterocycles. The van der Waals surface area contributed by atoms with Gasteiger partial charge in [0.25, 0.3) is 11.5 Å². The smallest absolute Gasteiger partial charge is 0.276 e. The second-order valence-corrected chi connectivity index (χ2v) is 7.58. The van der Waals surface area contributed by atoms with Crippen LogP contribution >= 0.6 is 11.6 Å². The lowest BCUT2D eigenvalue weighted by molar-refractivity contribution is 0.102. The third kappa shape index (κ3) is 4.59. The highest BCUT2D eigenvalue weighted by Gasteiger charge is 2.18. The summed E-state index contributed by atoms with van der Waals surface area (Å²) in [5.41, 5.74) is 1.46. The van der Waals surface area contributed by atoms with Crippen LogP contribution in [-0.2, 0) is 6.54 Å². The molecule has 152 valence electrons. The molecule has 29 heavy (non-hydrogen) atoms. The molecule has 0 radical (unpaired) electrons. The van der Waals surface area contributed by atoms with E-state index in [1.807, 2.05) is 25.1 Å². The molecule has 7 heteroatoms. The van der Waals surface area contributed by atoms with Crippen molar-refractivity contribution in [3.8, 4) is 0 Å². The van der Waals surface area contributed by atoms with Crippen LogP contribution in [0.15, 0.2) is 47.3 Å². The van der Waals surface area contributed by atoms with Crippen molar-refractivity contribution in [2.75, 3.05) is 24.3 Å². The molecule has 0 spiro atoms. The topological polar surface area (TPSA) is 67.2 Å². The Kier molecular flexibility index (Phi) is 6.54. The van der Waals surface area contributed by atoms with Crippen molar-refractivity contribution >= 4 is 39.7 Å². The minimum absolute atomic E-state index is 0.176. The number of carbonyl (C=O) groups is 1. The summed E-state index contributed by atoms with van der Waals surface area (Å²) in [6, 6.07) is 12.4. The number of nitrogens with one attached hydrogen (secondary N) is 1. The van der Waals surface area contributed by atoms with Crippen molar-refractivity contribution in [3.05, 3.63) is 63.5 Å². The summed E-state index contributed by atoms with van der Waals surface area (Å²) < 4.78 is 1.40. The summed E-state index contributed by atoms with van der Waals surface area (Å²) in [6.45, 7) is 2.58. The van der Waals surface area contributed by atoms with Crippen LogP contribution in [0.2, 0.25) is 5.02 Å². The van der Waals surface area contributed by atoms with Crippen molar-refractivity contribution in [2.45, 2.75) is 32.7 Å². The van der Waals surface area contributed by atoms with Crippen LogP contribution < -0.4 is 15.8 Å². The summed E-state index contributed by atoms with van der Waals surface area (Å²) in [5, 5.41) is 8.87. The second-order valence-electron chi connectivity index (χ2n) is 7.14. The van der Waals surface area contributed by atoms with Gasteiger partial charge in [-0.15, -0.1) is 0 Å². The summed E-state index contributed by atoms with van der Waals surface area (Å²) >= 11 is 6.13. The molecule has 0 saturated heterocycles. The van der Waals surface area contributed by atoms with Crippen LogP contribution in [0.1, 0.15) is 36.7 Å². The lowest BCUT2D eigenvalue weighted by atomic mass is 10.1. The lowest BCUT2D eigenvalue weighted by Gasteiger charge is -2.18. The van der Waals surface area contributed by atoms with Crippen molar-refractivity contribution < 1.29 is 4.79 Å². The fourth-order valence-electron chi connectivity index (χ4n) is 3.25. The number of anilines is 2. The molecular formula is C22H25ClN4O2. The molecule has 0 aliphatic carbocycles. The Hall–Kier alpha value is -2.86. The number of benzene rings is 2. The first kappa shape index (κ1) is 20.9. The Labute approximate surface area is 175 Å². The van der Waals surface area contributed by atoms with E-state index in [4.69, 9.17) is 11.6 Å². The Morgan fingerprint density at radius 1 is 1.14 bits per heavy atom. The quantitative estimate of drug-likeness (QED) is 0.578. The standard InChI is InChI=1S/C22H25ClN4O2/c1-4-5-8-13-27-22(29)17-10-7-6-9-16(17)20(25-27)21(28)24-18-14-15(23)11-12-19(18)26(2)3/h6-7,9-12,14H,4-5,8,13H2,1-3H3,(H,24,28). The molecule has 0 fully saturated rings. The summed E-state index contributed by atoms with van der Waals surface area (Å²) in [7, 11) is 3.78. The van der Waals surface area contributed by atoms with Crippen LogP contribution in [0.5, 0.6) is 0 Å². The molecule has 3 aromatic rings. The molecule has 0 atom stereocenters. The normalized spacial score (nSPS) is 10.9. The van der Waals surface area contributed by atoms with Crippen LogP contribution in [0.4, 0.5) is 11.4 Å². The number of rotatable bonds is 7. The minimum atomic E-state index is -0.379. The number of aryl methyl sites for hydroxylation is 1. The zero-order valence-electron chi connectivity index (χ0n) is 16.9. The van der Waals surface area contributed by atoms with Gasteiger partial charge in [-0.3, -0.25) is 9.59 Å². The van der Waals surface area contributed by atoms with E-state index in [1.54, 1.807) is 36.4 Å². The number of unbranched alkanes of at least 4 members (excludes halogenated alkanes) is 2. The van der Waals surface area contributed by atoms with Gasteiger partial charge in [0.1, 0.15) is 0 Å². The van der Waals surface area contributed by atoms with Gasteiger partial charge in [0, 0.05) is 31.0 Å². The molecule has 0 unspecified atom stereocenters. The van der Waals surface area contributed by atoms with Crippen LogP contribution in [0.25, 0.3) is 10.8 Å². The molecule has 1 amide bonds. The van der Waals surface area contributed by atoms with E-state index in [-0.39, 0.29) is 17.2 Å². The first-order valence-corrected chi connectivity index (χ1v) is 10.1. The molecule has 1 aromatic heterocycles. The second kappa shape index (κ2) is 9.09. The van der Waals surface area contributed by atoms with Gasteiger partial charge in [-0.1, -0.05) is 49.6 Å². The molecular weight excluding hydrogens is 388 g/mol. The SMILES string of the molecule is CCCCCn1nc(C(=O)Nc2cc(Cl)ccc2N(C)C)c2ccccc2c1=O. The van der Waals surface area contributed by atoms with E-state index in [9.17, 15) is 9.59 Å². The first-order valence-electron chi connectivity index (χ1n) is 9.70. The van der Waals surface area contributed by atoms with Gasteiger partial charge >= 0.3 is 0 Å².